The summed E-state index contributed by atoms with van der Waals surface area (Å²) in [6, 6.07) is 5.84. The highest BCUT2D eigenvalue weighted by Crippen LogP contribution is 2.46. The highest BCUT2D eigenvalue weighted by Gasteiger charge is 2.42. The van der Waals surface area contributed by atoms with E-state index < -0.39 is 22.4 Å². The molecule has 0 saturated heterocycles. The summed E-state index contributed by atoms with van der Waals surface area (Å²) in [5.41, 5.74) is 0.552. The molecule has 0 saturated carbocycles. The van der Waals surface area contributed by atoms with Crippen LogP contribution in [0.5, 0.6) is 0 Å². The zero-order chi connectivity index (χ0) is 17.9. The summed E-state index contributed by atoms with van der Waals surface area (Å²) in [5.74, 6) is -2.14. The van der Waals surface area contributed by atoms with Crippen LogP contribution in [0.1, 0.15) is 56.0 Å². The molecule has 2 rings (SSSR count). The van der Waals surface area contributed by atoms with E-state index in [0.29, 0.717) is 30.7 Å². The molecule has 1 aromatic heterocycles. The molecule has 6 heteroatoms. The topological polar surface area (TPSA) is 70.1 Å². The Balaban J connectivity index is 2.63. The first-order chi connectivity index (χ1) is 11.4. The molecule has 0 aliphatic carbocycles. The van der Waals surface area contributed by atoms with Crippen LogP contribution in [0.2, 0.25) is 0 Å². The zero-order valence-corrected chi connectivity index (χ0v) is 15.8. The van der Waals surface area contributed by atoms with Crippen molar-refractivity contribution in [3.63, 3.8) is 0 Å². The standard InChI is InChI=1S/C18H23NO3S2/c1-4-8-18(9-5-2,17(21)22)14(16(20)23)15-19-12-10-11(3)6-7-13(12)24-15/h6-7,10,14H,4-5,8-9H2,1-3H3,(H,20,23)(H,21,22)/p-2. The number of carboxylic acids is 1. The maximum atomic E-state index is 12.3. The minimum atomic E-state index is -1.29. The van der Waals surface area contributed by atoms with Crippen LogP contribution < -0.4 is 5.11 Å². The lowest BCUT2D eigenvalue weighted by molar-refractivity contribution is -0.321. The molecule has 2 aromatic rings. The van der Waals surface area contributed by atoms with E-state index in [0.717, 1.165) is 15.8 Å². The van der Waals surface area contributed by atoms with E-state index in [-0.39, 0.29) is 0 Å². The lowest BCUT2D eigenvalue weighted by atomic mass is 9.69. The smallest absolute Gasteiger partial charge is 0.103 e. The number of aromatic nitrogens is 1. The van der Waals surface area contributed by atoms with Crippen LogP contribution in [0.15, 0.2) is 18.2 Å². The van der Waals surface area contributed by atoms with Crippen LogP contribution in [0, 0.1) is 12.3 Å². The third kappa shape index (κ3) is 3.44. The number of aliphatic carboxylic acids is 1. The summed E-state index contributed by atoms with van der Waals surface area (Å²) in [6.07, 6.45) is 1.98. The molecule has 0 radical (unpaired) electrons. The first-order valence-corrected chi connectivity index (χ1v) is 9.37. The van der Waals surface area contributed by atoms with Crippen LogP contribution in [0.3, 0.4) is 0 Å². The Morgan fingerprint density at radius 3 is 2.42 bits per heavy atom. The molecule has 4 nitrogen and oxygen atoms in total. The van der Waals surface area contributed by atoms with Crippen molar-refractivity contribution in [2.45, 2.75) is 52.4 Å². The third-order valence-electron chi connectivity index (χ3n) is 4.39. The molecule has 0 bridgehead atoms. The Morgan fingerprint density at radius 2 is 1.92 bits per heavy atom. The number of carboxylic acid groups (broad SMARTS) is 1. The van der Waals surface area contributed by atoms with Gasteiger partial charge in [0.25, 0.3) is 0 Å². The molecule has 1 unspecified atom stereocenters. The van der Waals surface area contributed by atoms with E-state index in [2.05, 4.69) is 4.98 Å². The number of fused-ring (bicyclic) bond motifs is 1. The highest BCUT2D eigenvalue weighted by molar-refractivity contribution is 7.77. The molecule has 1 atom stereocenters. The van der Waals surface area contributed by atoms with Gasteiger partial charge >= 0.3 is 0 Å². The van der Waals surface area contributed by atoms with Gasteiger partial charge in [0.1, 0.15) is 5.01 Å². The average molecular weight is 364 g/mol. The number of benzene rings is 1. The van der Waals surface area contributed by atoms with Crippen LogP contribution in [-0.2, 0) is 22.2 Å². The van der Waals surface area contributed by atoms with Crippen molar-refractivity contribution in [2.75, 3.05) is 0 Å². The predicted octanol–water partition coefficient (Wildman–Crippen LogP) is 3.10. The van der Waals surface area contributed by atoms with E-state index in [1.54, 1.807) is 0 Å². The highest BCUT2D eigenvalue weighted by atomic mass is 32.1. The van der Waals surface area contributed by atoms with E-state index in [4.69, 9.17) is 12.6 Å². The average Bonchev–Trinajstić information content (AvgIpc) is 2.89. The second kappa shape index (κ2) is 7.57. The normalized spacial score (nSPS) is 13.1. The zero-order valence-electron chi connectivity index (χ0n) is 14.1. The summed E-state index contributed by atoms with van der Waals surface area (Å²) < 4.78 is 0.928. The molecule has 24 heavy (non-hydrogen) atoms. The number of carbonyl (C=O) groups is 2. The van der Waals surface area contributed by atoms with Crippen molar-refractivity contribution >= 4 is 45.3 Å². The minimum Gasteiger partial charge on any atom is -0.741 e. The molecular weight excluding hydrogens is 342 g/mol. The monoisotopic (exact) mass is 363 g/mol. The predicted molar refractivity (Wildman–Crippen MR) is 96.7 cm³/mol. The second-order valence-corrected chi connectivity index (χ2v) is 7.68. The van der Waals surface area contributed by atoms with Crippen molar-refractivity contribution in [3.8, 4) is 0 Å². The SMILES string of the molecule is CCCC(CCC)(C(=O)[O-])C(C(=O)[S-])c1nc2cc(C)ccc2s1. The van der Waals surface area contributed by atoms with E-state index in [9.17, 15) is 14.7 Å². The second-order valence-electron chi connectivity index (χ2n) is 6.22. The first kappa shape index (κ1) is 18.8. The molecular formula is C18H21NO3S2-2. The molecule has 0 N–H and O–H groups in total. The molecule has 0 spiro atoms. The van der Waals surface area contributed by atoms with E-state index >= 15 is 0 Å². The fourth-order valence-electron chi connectivity index (χ4n) is 3.37. The van der Waals surface area contributed by atoms with Crippen molar-refractivity contribution in [1.29, 1.82) is 0 Å². The van der Waals surface area contributed by atoms with Crippen LogP contribution in [-0.4, -0.2) is 16.1 Å². The largest absolute Gasteiger partial charge is 0.741 e. The lowest BCUT2D eigenvalue weighted by Crippen LogP contribution is -2.48. The van der Waals surface area contributed by atoms with Gasteiger partial charge in [0.2, 0.25) is 0 Å². The van der Waals surface area contributed by atoms with Crippen LogP contribution >= 0.6 is 11.3 Å². The molecule has 1 heterocycles. The van der Waals surface area contributed by atoms with Gasteiger partial charge in [0, 0.05) is 16.5 Å². The third-order valence-corrected chi connectivity index (χ3v) is 5.73. The summed E-state index contributed by atoms with van der Waals surface area (Å²) in [6.45, 7) is 5.77. The Labute approximate surface area is 151 Å². The van der Waals surface area contributed by atoms with Gasteiger partial charge in [-0.05, 0) is 37.5 Å². The quantitative estimate of drug-likeness (QED) is 0.674. The first-order valence-electron chi connectivity index (χ1n) is 8.15. The maximum Gasteiger partial charge on any atom is 0.103 e. The Kier molecular flexibility index (Phi) is 5.93. The Hall–Kier alpha value is -1.53. The Morgan fingerprint density at radius 1 is 1.29 bits per heavy atom. The van der Waals surface area contributed by atoms with Gasteiger partial charge in [0.05, 0.1) is 16.1 Å². The van der Waals surface area contributed by atoms with Crippen molar-refractivity contribution < 1.29 is 14.7 Å². The molecule has 130 valence electrons. The maximum absolute atomic E-state index is 12.3. The van der Waals surface area contributed by atoms with Gasteiger partial charge in [0.15, 0.2) is 0 Å². The summed E-state index contributed by atoms with van der Waals surface area (Å²) >= 11 is 6.29. The van der Waals surface area contributed by atoms with Crippen molar-refractivity contribution in [1.82, 2.24) is 4.98 Å². The molecule has 0 amide bonds. The number of thiazole rings is 1. The summed E-state index contributed by atoms with van der Waals surface area (Å²) in [4.78, 5) is 28.9. The van der Waals surface area contributed by atoms with Gasteiger partial charge in [-0.3, -0.25) is 0 Å². The number of nitrogens with zero attached hydrogens (tertiary/aromatic N) is 1. The van der Waals surface area contributed by atoms with Crippen molar-refractivity contribution in [3.05, 3.63) is 28.8 Å². The van der Waals surface area contributed by atoms with E-state index in [1.807, 2.05) is 39.0 Å². The van der Waals surface area contributed by atoms with Gasteiger partial charge < -0.3 is 27.3 Å². The summed E-state index contributed by atoms with van der Waals surface area (Å²) in [7, 11) is 0. The number of aryl methyl sites for hydroxylation is 1. The number of carbonyl (C=O) groups excluding carboxylic acids is 2. The molecule has 0 fully saturated rings. The fraction of sp³-hybridized carbons (Fsp3) is 0.500. The summed E-state index contributed by atoms with van der Waals surface area (Å²) in [5, 5.41) is 12.0. The van der Waals surface area contributed by atoms with Gasteiger partial charge in [-0.1, -0.05) is 32.8 Å². The fourth-order valence-corrected chi connectivity index (χ4v) is 4.95. The van der Waals surface area contributed by atoms with Crippen LogP contribution in [0.25, 0.3) is 10.2 Å². The molecule has 1 aromatic carbocycles. The number of hydrogen-bond donors (Lipinski definition) is 0. The van der Waals surface area contributed by atoms with Gasteiger partial charge in [-0.15, -0.1) is 11.3 Å². The number of rotatable bonds is 8. The van der Waals surface area contributed by atoms with Gasteiger partial charge in [-0.25, -0.2) is 4.98 Å². The Bertz CT molecular complexity index is 748. The minimum absolute atomic E-state index is 0.352. The van der Waals surface area contributed by atoms with Gasteiger partial charge in [-0.2, -0.15) is 0 Å². The lowest BCUT2D eigenvalue weighted by Gasteiger charge is -2.41. The molecule has 0 aliphatic rings. The van der Waals surface area contributed by atoms with Crippen LogP contribution in [0.4, 0.5) is 0 Å². The van der Waals surface area contributed by atoms with E-state index in [1.165, 1.54) is 11.3 Å². The number of hydrogen-bond acceptors (Lipinski definition) is 6. The molecule has 0 aliphatic heterocycles. The van der Waals surface area contributed by atoms with Crippen molar-refractivity contribution in [2.24, 2.45) is 5.41 Å².